The molecule has 1 aliphatic heterocycles. The van der Waals surface area contributed by atoms with E-state index in [0.29, 0.717) is 0 Å². The van der Waals surface area contributed by atoms with Crippen LogP contribution in [0.1, 0.15) is 19.6 Å². The van der Waals surface area contributed by atoms with Gasteiger partial charge in [0.05, 0.1) is 12.7 Å². The molecule has 0 bridgehead atoms. The number of nitrogens with zero attached hydrogens (tertiary/aromatic N) is 2. The molecule has 1 aromatic rings. The lowest BCUT2D eigenvalue weighted by molar-refractivity contribution is -0.112. The number of aliphatic hydroxyl groups is 2. The third-order valence-electron chi connectivity index (χ3n) is 3.19. The molecule has 1 aromatic heterocycles. The minimum Gasteiger partial charge on any atom is -0.394 e. The first-order chi connectivity index (χ1) is 9.93. The van der Waals surface area contributed by atoms with Gasteiger partial charge in [-0.1, -0.05) is 0 Å². The summed E-state index contributed by atoms with van der Waals surface area (Å²) in [6.07, 6.45) is 1.16. The molecule has 0 aliphatic carbocycles. The largest absolute Gasteiger partial charge is 0.394 e. The zero-order valence-electron chi connectivity index (χ0n) is 11.4. The van der Waals surface area contributed by atoms with E-state index in [1.54, 1.807) is 0 Å². The Balaban J connectivity index is 2.39. The number of aromatic nitrogens is 2. The Bertz CT molecular complexity index is 674. The smallest absolute Gasteiger partial charge is 0.337 e. The summed E-state index contributed by atoms with van der Waals surface area (Å²) in [6.45, 7) is 0.932. The summed E-state index contributed by atoms with van der Waals surface area (Å²) in [7, 11) is 0. The van der Waals surface area contributed by atoms with Gasteiger partial charge in [-0.15, -0.1) is 0 Å². The van der Waals surface area contributed by atoms with E-state index in [4.69, 9.17) is 9.84 Å². The van der Waals surface area contributed by atoms with Crippen LogP contribution in [-0.2, 0) is 9.53 Å². The first-order valence-electron chi connectivity index (χ1n) is 6.41. The first kappa shape index (κ1) is 15.4. The number of ketones is 1. The molecule has 8 nitrogen and oxygen atoms in total. The zero-order chi connectivity index (χ0) is 15.6. The second kappa shape index (κ2) is 6.17. The SMILES string of the molecule is CC(=O)/C=C/n1c(=O)ccn([C@H]2C[C@H](O)[C@@H](CO)O2)c1=O. The molecule has 0 saturated carbocycles. The summed E-state index contributed by atoms with van der Waals surface area (Å²) < 4.78 is 7.29. The molecule has 2 rings (SSSR count). The van der Waals surface area contributed by atoms with Gasteiger partial charge < -0.3 is 14.9 Å². The second-order valence-corrected chi connectivity index (χ2v) is 4.76. The van der Waals surface area contributed by atoms with Crippen molar-refractivity contribution >= 4 is 12.0 Å². The molecule has 0 unspecified atom stereocenters. The van der Waals surface area contributed by atoms with Crippen LogP contribution in [0.4, 0.5) is 0 Å². The van der Waals surface area contributed by atoms with Crippen molar-refractivity contribution in [2.75, 3.05) is 6.61 Å². The van der Waals surface area contributed by atoms with E-state index in [2.05, 4.69) is 0 Å². The van der Waals surface area contributed by atoms with Crippen LogP contribution in [0.3, 0.4) is 0 Å². The monoisotopic (exact) mass is 296 g/mol. The van der Waals surface area contributed by atoms with Gasteiger partial charge in [-0.05, 0) is 13.0 Å². The topological polar surface area (TPSA) is 111 Å². The van der Waals surface area contributed by atoms with Crippen molar-refractivity contribution in [3.8, 4) is 0 Å². The maximum Gasteiger partial charge on any atom is 0.337 e. The number of ether oxygens (including phenoxy) is 1. The van der Waals surface area contributed by atoms with Crippen LogP contribution in [0, 0.1) is 0 Å². The highest BCUT2D eigenvalue weighted by Gasteiger charge is 2.35. The summed E-state index contributed by atoms with van der Waals surface area (Å²) in [4.78, 5) is 34.8. The Morgan fingerprint density at radius 2 is 2.24 bits per heavy atom. The lowest BCUT2D eigenvalue weighted by Gasteiger charge is -2.15. The van der Waals surface area contributed by atoms with Crippen LogP contribution in [0.25, 0.3) is 6.20 Å². The molecule has 2 heterocycles. The van der Waals surface area contributed by atoms with Crippen molar-refractivity contribution in [2.24, 2.45) is 0 Å². The molecule has 21 heavy (non-hydrogen) atoms. The molecule has 1 fully saturated rings. The van der Waals surface area contributed by atoms with E-state index >= 15 is 0 Å². The fourth-order valence-electron chi connectivity index (χ4n) is 2.09. The van der Waals surface area contributed by atoms with Gasteiger partial charge in [0.1, 0.15) is 12.3 Å². The molecule has 1 saturated heterocycles. The fourth-order valence-corrected chi connectivity index (χ4v) is 2.09. The molecule has 1 aliphatic rings. The van der Waals surface area contributed by atoms with Gasteiger partial charge in [0.15, 0.2) is 5.78 Å². The van der Waals surface area contributed by atoms with Gasteiger partial charge >= 0.3 is 5.69 Å². The quantitative estimate of drug-likeness (QED) is 0.669. The molecule has 8 heteroatoms. The summed E-state index contributed by atoms with van der Waals surface area (Å²) >= 11 is 0. The van der Waals surface area contributed by atoms with Gasteiger partial charge in [0.25, 0.3) is 5.56 Å². The maximum atomic E-state index is 12.2. The van der Waals surface area contributed by atoms with E-state index < -0.39 is 29.7 Å². The summed E-state index contributed by atoms with van der Waals surface area (Å²) in [5, 5.41) is 18.7. The predicted molar refractivity (Wildman–Crippen MR) is 72.6 cm³/mol. The number of carbonyl (C=O) groups is 1. The Morgan fingerprint density at radius 3 is 2.81 bits per heavy atom. The van der Waals surface area contributed by atoms with Crippen LogP contribution < -0.4 is 11.2 Å². The Hall–Kier alpha value is -2.03. The molecule has 0 amide bonds. The minimum atomic E-state index is -0.889. The van der Waals surface area contributed by atoms with Crippen molar-refractivity contribution < 1.29 is 19.7 Å². The molecule has 0 aromatic carbocycles. The summed E-state index contributed by atoms with van der Waals surface area (Å²) in [6, 6.07) is 1.16. The molecule has 2 N–H and O–H groups in total. The Morgan fingerprint density at radius 1 is 1.52 bits per heavy atom. The van der Waals surface area contributed by atoms with Crippen molar-refractivity contribution in [1.29, 1.82) is 0 Å². The van der Waals surface area contributed by atoms with Gasteiger partial charge in [-0.3, -0.25) is 14.2 Å². The van der Waals surface area contributed by atoms with Crippen molar-refractivity contribution in [2.45, 2.75) is 31.8 Å². The highest BCUT2D eigenvalue weighted by molar-refractivity contribution is 5.89. The normalized spacial score (nSPS) is 25.6. The van der Waals surface area contributed by atoms with E-state index in [9.17, 15) is 19.5 Å². The molecule has 0 radical (unpaired) electrons. The zero-order valence-corrected chi connectivity index (χ0v) is 11.4. The molecule has 114 valence electrons. The molecule has 3 atom stereocenters. The molecule has 0 spiro atoms. The lowest BCUT2D eigenvalue weighted by atomic mass is 10.2. The van der Waals surface area contributed by atoms with Gasteiger partial charge in [0, 0.05) is 24.9 Å². The summed E-state index contributed by atoms with van der Waals surface area (Å²) in [5.74, 6) is -0.301. The highest BCUT2D eigenvalue weighted by atomic mass is 16.5. The molecular weight excluding hydrogens is 280 g/mol. The van der Waals surface area contributed by atoms with E-state index in [-0.39, 0.29) is 18.8 Å². The van der Waals surface area contributed by atoms with E-state index in [1.807, 2.05) is 0 Å². The van der Waals surface area contributed by atoms with Crippen LogP contribution in [0.5, 0.6) is 0 Å². The van der Waals surface area contributed by atoms with E-state index in [0.717, 1.165) is 27.5 Å². The third kappa shape index (κ3) is 3.18. The Kier molecular flexibility index (Phi) is 4.51. The van der Waals surface area contributed by atoms with Crippen LogP contribution in [-0.4, -0.2) is 43.9 Å². The fraction of sp³-hybridized carbons (Fsp3) is 0.462. The molecular formula is C13H16N2O6. The standard InChI is InChI=1S/C13H16N2O6/c1-8(17)2-4-14-11(19)3-5-15(13(14)20)12-6-9(18)10(7-16)21-12/h2-5,9-10,12,16,18H,6-7H2,1H3/b4-2+/t9-,10+,12+/m0/s1. The third-order valence-corrected chi connectivity index (χ3v) is 3.19. The average Bonchev–Trinajstić information content (AvgIpc) is 2.79. The maximum absolute atomic E-state index is 12.2. The number of rotatable bonds is 4. The van der Waals surface area contributed by atoms with Gasteiger partial charge in [-0.2, -0.15) is 0 Å². The van der Waals surface area contributed by atoms with Crippen LogP contribution in [0.2, 0.25) is 0 Å². The number of hydrogen-bond donors (Lipinski definition) is 2. The van der Waals surface area contributed by atoms with Crippen LogP contribution in [0.15, 0.2) is 27.9 Å². The second-order valence-electron chi connectivity index (χ2n) is 4.76. The van der Waals surface area contributed by atoms with Crippen molar-refractivity contribution in [3.63, 3.8) is 0 Å². The first-order valence-corrected chi connectivity index (χ1v) is 6.41. The van der Waals surface area contributed by atoms with Crippen molar-refractivity contribution in [3.05, 3.63) is 39.2 Å². The van der Waals surface area contributed by atoms with Gasteiger partial charge in [-0.25, -0.2) is 9.36 Å². The minimum absolute atomic E-state index is 0.125. The van der Waals surface area contributed by atoms with Gasteiger partial charge in [0.2, 0.25) is 0 Å². The van der Waals surface area contributed by atoms with Crippen LogP contribution >= 0.6 is 0 Å². The predicted octanol–water partition coefficient (Wildman–Crippen LogP) is -1.29. The Labute approximate surface area is 119 Å². The van der Waals surface area contributed by atoms with E-state index in [1.165, 1.54) is 13.1 Å². The average molecular weight is 296 g/mol. The number of allylic oxidation sites excluding steroid dienone is 1. The highest BCUT2D eigenvalue weighted by Crippen LogP contribution is 2.26. The number of aliphatic hydroxyl groups excluding tert-OH is 2. The summed E-state index contributed by atoms with van der Waals surface area (Å²) in [5.41, 5.74) is -1.26. The van der Waals surface area contributed by atoms with Crippen molar-refractivity contribution in [1.82, 2.24) is 9.13 Å². The lowest BCUT2D eigenvalue weighted by Crippen LogP contribution is -2.38. The number of hydrogen-bond acceptors (Lipinski definition) is 6. The number of carbonyl (C=O) groups excluding carboxylic acids is 1.